The van der Waals surface area contributed by atoms with Crippen LogP contribution in [0, 0.1) is 0 Å². The minimum absolute atomic E-state index is 1.09. The lowest BCUT2D eigenvalue weighted by molar-refractivity contribution is 0.707. The number of hydrogen-bond donors (Lipinski definition) is 0. The Hall–Kier alpha value is -3.26. The molecule has 0 radical (unpaired) electrons. The van der Waals surface area contributed by atoms with Gasteiger partial charge in [-0.15, -0.1) is 0 Å². The van der Waals surface area contributed by atoms with E-state index in [1.165, 1.54) is 83.5 Å². The molecule has 0 amide bonds. The molecule has 0 atom stereocenters. The summed E-state index contributed by atoms with van der Waals surface area (Å²) < 4.78 is 0. The van der Waals surface area contributed by atoms with Gasteiger partial charge in [-0.3, -0.25) is 0 Å². The molecule has 5 rings (SSSR count). The number of fused-ring (bicyclic) bond motifs is 2. The second-order valence-corrected chi connectivity index (χ2v) is 9.48. The van der Waals surface area contributed by atoms with E-state index in [0.29, 0.717) is 0 Å². The number of benzene rings is 3. The Labute approximate surface area is 205 Å². The maximum Gasteiger partial charge on any atom is 0.0399 e. The predicted molar refractivity (Wildman–Crippen MR) is 150 cm³/mol. The lowest BCUT2D eigenvalue weighted by atomic mass is 9.98. The first-order valence-electron chi connectivity index (χ1n) is 13.0. The molecule has 0 unspecified atom stereocenters. The Morgan fingerprint density at radius 1 is 0.559 bits per heavy atom. The SMILES string of the molecule is CCN1CCCc2cc(C=Cc3ccc(C=Cc4ccc5c(c4)CCCN5CC)cc3)ccc21. The second-order valence-electron chi connectivity index (χ2n) is 9.48. The molecule has 2 heteroatoms. The van der Waals surface area contributed by atoms with Gasteiger partial charge >= 0.3 is 0 Å². The van der Waals surface area contributed by atoms with Crippen LogP contribution in [-0.4, -0.2) is 26.2 Å². The molecular formula is C32H36N2. The molecular weight excluding hydrogens is 412 g/mol. The molecule has 34 heavy (non-hydrogen) atoms. The van der Waals surface area contributed by atoms with Crippen LogP contribution in [0.25, 0.3) is 24.3 Å². The summed E-state index contributed by atoms with van der Waals surface area (Å²) in [4.78, 5) is 4.98. The fourth-order valence-electron chi connectivity index (χ4n) is 5.36. The van der Waals surface area contributed by atoms with Crippen molar-refractivity contribution >= 4 is 35.7 Å². The number of nitrogens with zero attached hydrogens (tertiary/aromatic N) is 2. The highest BCUT2D eigenvalue weighted by Gasteiger charge is 2.16. The molecule has 3 aromatic carbocycles. The van der Waals surface area contributed by atoms with Crippen molar-refractivity contribution < 1.29 is 0 Å². The number of hydrogen-bond acceptors (Lipinski definition) is 2. The summed E-state index contributed by atoms with van der Waals surface area (Å²) in [5, 5.41) is 0. The summed E-state index contributed by atoms with van der Waals surface area (Å²) in [6, 6.07) is 22.7. The number of rotatable bonds is 6. The molecule has 0 saturated carbocycles. The van der Waals surface area contributed by atoms with Gasteiger partial charge in [0, 0.05) is 37.6 Å². The quantitative estimate of drug-likeness (QED) is 0.359. The minimum atomic E-state index is 1.09. The van der Waals surface area contributed by atoms with Gasteiger partial charge in [-0.25, -0.2) is 0 Å². The van der Waals surface area contributed by atoms with E-state index < -0.39 is 0 Å². The molecule has 2 aliphatic rings. The summed E-state index contributed by atoms with van der Waals surface area (Å²) >= 11 is 0. The van der Waals surface area contributed by atoms with Gasteiger partial charge in [-0.2, -0.15) is 0 Å². The van der Waals surface area contributed by atoms with Crippen molar-refractivity contribution in [2.45, 2.75) is 39.5 Å². The number of aryl methyl sites for hydroxylation is 2. The van der Waals surface area contributed by atoms with Crippen molar-refractivity contribution in [1.29, 1.82) is 0 Å². The van der Waals surface area contributed by atoms with Crippen LogP contribution in [0.1, 0.15) is 60.1 Å². The molecule has 0 fully saturated rings. The smallest absolute Gasteiger partial charge is 0.0399 e. The Morgan fingerprint density at radius 2 is 0.941 bits per heavy atom. The fraction of sp³-hybridized carbons (Fsp3) is 0.312. The third kappa shape index (κ3) is 4.97. The van der Waals surface area contributed by atoms with Crippen LogP contribution in [0.2, 0.25) is 0 Å². The Kier molecular flexibility index (Phi) is 6.85. The summed E-state index contributed by atoms with van der Waals surface area (Å²) in [5.41, 5.74) is 10.9. The average Bonchev–Trinajstić information content (AvgIpc) is 2.90. The summed E-state index contributed by atoms with van der Waals surface area (Å²) in [6.45, 7) is 9.04. The monoisotopic (exact) mass is 448 g/mol. The topological polar surface area (TPSA) is 6.48 Å². The van der Waals surface area contributed by atoms with Crippen molar-refractivity contribution in [2.24, 2.45) is 0 Å². The van der Waals surface area contributed by atoms with Crippen molar-refractivity contribution in [1.82, 2.24) is 0 Å². The van der Waals surface area contributed by atoms with Crippen LogP contribution >= 0.6 is 0 Å². The lowest BCUT2D eigenvalue weighted by Gasteiger charge is -2.30. The van der Waals surface area contributed by atoms with Crippen molar-refractivity contribution in [3.63, 3.8) is 0 Å². The van der Waals surface area contributed by atoms with Crippen molar-refractivity contribution in [2.75, 3.05) is 36.0 Å². The summed E-state index contributed by atoms with van der Waals surface area (Å²) in [7, 11) is 0. The van der Waals surface area contributed by atoms with Crippen LogP contribution in [-0.2, 0) is 12.8 Å². The lowest BCUT2D eigenvalue weighted by Crippen LogP contribution is -2.28. The maximum absolute atomic E-state index is 2.49. The largest absolute Gasteiger partial charge is 0.372 e. The van der Waals surface area contributed by atoms with Gasteiger partial charge in [-0.1, -0.05) is 60.7 Å². The molecule has 0 spiro atoms. The highest BCUT2D eigenvalue weighted by Crippen LogP contribution is 2.29. The molecule has 0 saturated heterocycles. The minimum Gasteiger partial charge on any atom is -0.372 e. The van der Waals surface area contributed by atoms with E-state index >= 15 is 0 Å². The van der Waals surface area contributed by atoms with E-state index in [-0.39, 0.29) is 0 Å². The average molecular weight is 449 g/mol. The standard InChI is InChI=1S/C32H36N2/c1-3-33-21-5-7-29-23-27(17-19-31(29)33)15-13-25-9-11-26(12-10-25)14-16-28-18-20-32-30(24-28)8-6-22-34(32)4-2/h9-20,23-24H,3-8,21-22H2,1-2H3. The molecule has 0 aliphatic carbocycles. The Balaban J connectivity index is 1.25. The predicted octanol–water partition coefficient (Wildman–Crippen LogP) is 7.57. The van der Waals surface area contributed by atoms with Gasteiger partial charge in [0.1, 0.15) is 0 Å². The van der Waals surface area contributed by atoms with Gasteiger partial charge in [0.2, 0.25) is 0 Å². The van der Waals surface area contributed by atoms with E-state index in [1.54, 1.807) is 0 Å². The van der Waals surface area contributed by atoms with Crippen LogP contribution < -0.4 is 9.80 Å². The Bertz CT molecular complexity index is 1090. The number of anilines is 2. The first-order chi connectivity index (χ1) is 16.7. The zero-order chi connectivity index (χ0) is 23.3. The van der Waals surface area contributed by atoms with Crippen LogP contribution in [0.5, 0.6) is 0 Å². The normalized spacial score (nSPS) is 15.7. The Morgan fingerprint density at radius 3 is 1.35 bits per heavy atom. The van der Waals surface area contributed by atoms with E-state index in [4.69, 9.17) is 0 Å². The van der Waals surface area contributed by atoms with Crippen LogP contribution in [0.15, 0.2) is 60.7 Å². The third-order valence-electron chi connectivity index (χ3n) is 7.27. The van der Waals surface area contributed by atoms with Gasteiger partial charge < -0.3 is 9.80 Å². The third-order valence-corrected chi connectivity index (χ3v) is 7.27. The van der Waals surface area contributed by atoms with Gasteiger partial charge in [0.05, 0.1) is 0 Å². The molecule has 2 nitrogen and oxygen atoms in total. The fourth-order valence-corrected chi connectivity index (χ4v) is 5.36. The van der Waals surface area contributed by atoms with E-state index in [2.05, 4.69) is 109 Å². The molecule has 3 aromatic rings. The summed E-state index contributed by atoms with van der Waals surface area (Å²) in [6.07, 6.45) is 13.8. The van der Waals surface area contributed by atoms with Crippen molar-refractivity contribution in [3.8, 4) is 0 Å². The van der Waals surface area contributed by atoms with Crippen molar-refractivity contribution in [3.05, 3.63) is 94.0 Å². The highest BCUT2D eigenvalue weighted by molar-refractivity contribution is 5.75. The molecule has 2 aliphatic heterocycles. The zero-order valence-electron chi connectivity index (χ0n) is 20.6. The molecule has 174 valence electrons. The molecule has 0 aromatic heterocycles. The highest BCUT2D eigenvalue weighted by atomic mass is 15.1. The van der Waals surface area contributed by atoms with E-state index in [1.807, 2.05) is 0 Å². The molecule has 0 bridgehead atoms. The summed E-state index contributed by atoms with van der Waals surface area (Å²) in [5.74, 6) is 0. The van der Waals surface area contributed by atoms with Gasteiger partial charge in [-0.05, 0) is 97.2 Å². The molecule has 2 heterocycles. The molecule has 0 N–H and O–H groups in total. The maximum atomic E-state index is 2.49. The van der Waals surface area contributed by atoms with Crippen LogP contribution in [0.4, 0.5) is 11.4 Å². The van der Waals surface area contributed by atoms with E-state index in [0.717, 1.165) is 13.1 Å². The first kappa shape index (κ1) is 22.5. The van der Waals surface area contributed by atoms with E-state index in [9.17, 15) is 0 Å². The zero-order valence-corrected chi connectivity index (χ0v) is 20.6. The van der Waals surface area contributed by atoms with Gasteiger partial charge in [0.25, 0.3) is 0 Å². The first-order valence-corrected chi connectivity index (χ1v) is 13.0. The second kappa shape index (κ2) is 10.3. The van der Waals surface area contributed by atoms with Crippen LogP contribution in [0.3, 0.4) is 0 Å². The van der Waals surface area contributed by atoms with Gasteiger partial charge in [0.15, 0.2) is 0 Å².